The SMILES string of the molecule is COc1ccc(C(C#N)=Cc2ccc(-c3ccc(C(=O)O)cc3)o2)cc1OC. The topological polar surface area (TPSA) is 92.7 Å². The van der Waals surface area contributed by atoms with Gasteiger partial charge in [0, 0.05) is 5.56 Å². The molecule has 0 saturated carbocycles. The molecule has 1 aromatic heterocycles. The Balaban J connectivity index is 1.90. The molecule has 0 aliphatic heterocycles. The van der Waals surface area contributed by atoms with Crippen molar-refractivity contribution >= 4 is 17.6 Å². The number of carboxylic acids is 1. The molecule has 6 heteroatoms. The van der Waals surface area contributed by atoms with Gasteiger partial charge in [-0.3, -0.25) is 0 Å². The first-order chi connectivity index (χ1) is 13.5. The second-order valence-electron chi connectivity index (χ2n) is 5.82. The Morgan fingerprint density at radius 1 is 1.00 bits per heavy atom. The van der Waals surface area contributed by atoms with Gasteiger partial charge in [0.05, 0.1) is 31.4 Å². The number of allylic oxidation sites excluding steroid dienone is 1. The molecule has 2 aromatic carbocycles. The molecule has 0 radical (unpaired) electrons. The molecule has 1 heterocycles. The zero-order chi connectivity index (χ0) is 20.1. The molecule has 6 nitrogen and oxygen atoms in total. The first-order valence-electron chi connectivity index (χ1n) is 8.33. The van der Waals surface area contributed by atoms with E-state index in [1.165, 1.54) is 19.2 Å². The highest BCUT2D eigenvalue weighted by Crippen LogP contribution is 2.31. The summed E-state index contributed by atoms with van der Waals surface area (Å²) in [5.41, 5.74) is 2.02. The molecule has 28 heavy (non-hydrogen) atoms. The fourth-order valence-electron chi connectivity index (χ4n) is 2.69. The molecule has 0 aliphatic carbocycles. The van der Waals surface area contributed by atoms with Gasteiger partial charge in [0.2, 0.25) is 0 Å². The first-order valence-corrected chi connectivity index (χ1v) is 8.33. The molecule has 0 atom stereocenters. The molecule has 0 fully saturated rings. The Morgan fingerprint density at radius 3 is 2.29 bits per heavy atom. The molecule has 3 rings (SSSR count). The van der Waals surface area contributed by atoms with Gasteiger partial charge < -0.3 is 19.0 Å². The quantitative estimate of drug-likeness (QED) is 0.626. The molecule has 0 spiro atoms. The number of rotatable bonds is 6. The fraction of sp³-hybridized carbons (Fsp3) is 0.0909. The summed E-state index contributed by atoms with van der Waals surface area (Å²) < 4.78 is 16.3. The highest BCUT2D eigenvalue weighted by atomic mass is 16.5. The number of methoxy groups -OCH3 is 2. The molecular formula is C22H17NO5. The van der Waals surface area contributed by atoms with Crippen LogP contribution < -0.4 is 9.47 Å². The van der Waals surface area contributed by atoms with Crippen molar-refractivity contribution in [3.05, 3.63) is 71.5 Å². The number of nitriles is 1. The van der Waals surface area contributed by atoms with Crippen molar-refractivity contribution in [1.82, 2.24) is 0 Å². The summed E-state index contributed by atoms with van der Waals surface area (Å²) in [6.07, 6.45) is 1.64. The highest BCUT2D eigenvalue weighted by molar-refractivity contribution is 5.90. The number of carbonyl (C=O) groups is 1. The summed E-state index contributed by atoms with van der Waals surface area (Å²) >= 11 is 0. The first kappa shape index (κ1) is 18.8. The number of nitrogens with zero attached hydrogens (tertiary/aromatic N) is 1. The molecule has 0 bridgehead atoms. The van der Waals surface area contributed by atoms with E-state index in [0.717, 1.165) is 5.56 Å². The number of aromatic carboxylic acids is 1. The Bertz CT molecular complexity index is 1070. The van der Waals surface area contributed by atoms with Gasteiger partial charge in [-0.1, -0.05) is 12.1 Å². The van der Waals surface area contributed by atoms with Crippen LogP contribution in [0.15, 0.2) is 59.0 Å². The molecule has 0 unspecified atom stereocenters. The van der Waals surface area contributed by atoms with Crippen molar-refractivity contribution < 1.29 is 23.8 Å². The zero-order valence-corrected chi connectivity index (χ0v) is 15.3. The summed E-state index contributed by atoms with van der Waals surface area (Å²) in [5.74, 6) is 1.20. The van der Waals surface area contributed by atoms with Gasteiger partial charge in [0.25, 0.3) is 0 Å². The summed E-state index contributed by atoms with van der Waals surface area (Å²) in [6.45, 7) is 0. The third-order valence-corrected chi connectivity index (χ3v) is 4.14. The predicted molar refractivity (Wildman–Crippen MR) is 104 cm³/mol. The average Bonchev–Trinajstić information content (AvgIpc) is 3.20. The summed E-state index contributed by atoms with van der Waals surface area (Å²) in [5, 5.41) is 18.5. The number of carboxylic acid groups (broad SMARTS) is 1. The lowest BCUT2D eigenvalue weighted by Gasteiger charge is -2.08. The normalized spacial score (nSPS) is 11.0. The van der Waals surface area contributed by atoms with Crippen molar-refractivity contribution in [2.75, 3.05) is 14.2 Å². The average molecular weight is 375 g/mol. The second kappa shape index (κ2) is 8.14. The van der Waals surface area contributed by atoms with Crippen molar-refractivity contribution in [1.29, 1.82) is 5.26 Å². The van der Waals surface area contributed by atoms with Crippen LogP contribution >= 0.6 is 0 Å². The Hall–Kier alpha value is -3.98. The van der Waals surface area contributed by atoms with E-state index >= 15 is 0 Å². The van der Waals surface area contributed by atoms with Crippen LogP contribution in [0.2, 0.25) is 0 Å². The molecule has 0 amide bonds. The van der Waals surface area contributed by atoms with Gasteiger partial charge >= 0.3 is 5.97 Å². The lowest BCUT2D eigenvalue weighted by molar-refractivity contribution is 0.0697. The molecule has 3 aromatic rings. The zero-order valence-electron chi connectivity index (χ0n) is 15.3. The molecular weight excluding hydrogens is 358 g/mol. The van der Waals surface area contributed by atoms with Crippen LogP contribution in [0.4, 0.5) is 0 Å². The van der Waals surface area contributed by atoms with E-state index in [1.807, 2.05) is 0 Å². The minimum Gasteiger partial charge on any atom is -0.493 e. The lowest BCUT2D eigenvalue weighted by atomic mass is 10.1. The van der Waals surface area contributed by atoms with Gasteiger partial charge in [-0.15, -0.1) is 0 Å². The molecule has 0 aliphatic rings. The number of hydrogen-bond acceptors (Lipinski definition) is 5. The minimum atomic E-state index is -0.983. The lowest BCUT2D eigenvalue weighted by Crippen LogP contribution is -1.94. The Labute approximate surface area is 161 Å². The van der Waals surface area contributed by atoms with E-state index in [-0.39, 0.29) is 5.56 Å². The van der Waals surface area contributed by atoms with Crippen molar-refractivity contribution in [2.45, 2.75) is 0 Å². The maximum Gasteiger partial charge on any atom is 0.335 e. The summed E-state index contributed by atoms with van der Waals surface area (Å²) in [7, 11) is 3.08. The van der Waals surface area contributed by atoms with Crippen LogP contribution in [0.1, 0.15) is 21.7 Å². The second-order valence-corrected chi connectivity index (χ2v) is 5.82. The van der Waals surface area contributed by atoms with Crippen LogP contribution in [-0.2, 0) is 0 Å². The molecule has 140 valence electrons. The van der Waals surface area contributed by atoms with Crippen LogP contribution in [0, 0.1) is 11.3 Å². The number of furan rings is 1. The number of hydrogen-bond donors (Lipinski definition) is 1. The van der Waals surface area contributed by atoms with Gasteiger partial charge in [-0.25, -0.2) is 4.79 Å². The van der Waals surface area contributed by atoms with Gasteiger partial charge in [0.1, 0.15) is 11.5 Å². The van der Waals surface area contributed by atoms with Gasteiger partial charge in [-0.05, 0) is 54.1 Å². The van der Waals surface area contributed by atoms with Crippen molar-refractivity contribution in [2.24, 2.45) is 0 Å². The Kier molecular flexibility index (Phi) is 5.47. The van der Waals surface area contributed by atoms with E-state index in [2.05, 4.69) is 6.07 Å². The standard InChI is InChI=1S/C22H17NO5/c1-26-20-9-7-16(12-21(20)27-2)17(13-23)11-18-8-10-19(28-18)14-3-5-15(6-4-14)22(24)25/h3-12H,1-2H3,(H,24,25). The van der Waals surface area contributed by atoms with Crippen molar-refractivity contribution in [3.8, 4) is 28.9 Å². The third kappa shape index (κ3) is 3.89. The third-order valence-electron chi connectivity index (χ3n) is 4.14. The van der Waals surface area contributed by atoms with E-state index in [9.17, 15) is 10.1 Å². The van der Waals surface area contributed by atoms with Crippen LogP contribution in [0.3, 0.4) is 0 Å². The molecule has 0 saturated heterocycles. The number of ether oxygens (including phenoxy) is 2. The molecule has 1 N–H and O–H groups in total. The maximum absolute atomic E-state index is 10.9. The predicted octanol–water partition coefficient (Wildman–Crippen LogP) is 4.73. The smallest absolute Gasteiger partial charge is 0.335 e. The van der Waals surface area contributed by atoms with Gasteiger partial charge in [0.15, 0.2) is 11.5 Å². The summed E-state index contributed by atoms with van der Waals surface area (Å²) in [6, 6.07) is 17.3. The van der Waals surface area contributed by atoms with E-state index in [1.54, 1.807) is 55.7 Å². The fourth-order valence-corrected chi connectivity index (χ4v) is 2.69. The minimum absolute atomic E-state index is 0.204. The van der Waals surface area contributed by atoms with Crippen LogP contribution in [0.5, 0.6) is 11.5 Å². The van der Waals surface area contributed by atoms with E-state index < -0.39 is 5.97 Å². The monoisotopic (exact) mass is 375 g/mol. The Morgan fingerprint density at radius 2 is 1.68 bits per heavy atom. The van der Waals surface area contributed by atoms with E-state index in [4.69, 9.17) is 19.0 Å². The summed E-state index contributed by atoms with van der Waals surface area (Å²) in [4.78, 5) is 10.9. The number of benzene rings is 2. The highest BCUT2D eigenvalue weighted by Gasteiger charge is 2.10. The van der Waals surface area contributed by atoms with E-state index in [0.29, 0.717) is 34.2 Å². The van der Waals surface area contributed by atoms with Gasteiger partial charge in [-0.2, -0.15) is 5.26 Å². The van der Waals surface area contributed by atoms with Crippen LogP contribution in [0.25, 0.3) is 23.0 Å². The van der Waals surface area contributed by atoms with Crippen molar-refractivity contribution in [3.63, 3.8) is 0 Å². The maximum atomic E-state index is 10.9. The van der Waals surface area contributed by atoms with Crippen LogP contribution in [-0.4, -0.2) is 25.3 Å². The largest absolute Gasteiger partial charge is 0.493 e.